The SMILES string of the molecule is O=C(CCCCl)CC1CCOCC1. The zero-order chi connectivity index (χ0) is 9.52. The van der Waals surface area contributed by atoms with Gasteiger partial charge >= 0.3 is 0 Å². The monoisotopic (exact) mass is 204 g/mol. The van der Waals surface area contributed by atoms with Crippen molar-refractivity contribution in [2.45, 2.75) is 32.1 Å². The van der Waals surface area contributed by atoms with Gasteiger partial charge in [-0.1, -0.05) is 0 Å². The van der Waals surface area contributed by atoms with Gasteiger partial charge in [-0.25, -0.2) is 0 Å². The number of carbonyl (C=O) groups excluding carboxylic acids is 1. The summed E-state index contributed by atoms with van der Waals surface area (Å²) in [5, 5.41) is 0. The van der Waals surface area contributed by atoms with Crippen LogP contribution in [0.5, 0.6) is 0 Å². The van der Waals surface area contributed by atoms with Gasteiger partial charge in [0.2, 0.25) is 0 Å². The zero-order valence-electron chi connectivity index (χ0n) is 7.93. The molecule has 3 heteroatoms. The fourth-order valence-corrected chi connectivity index (χ4v) is 1.77. The third-order valence-electron chi connectivity index (χ3n) is 2.45. The molecule has 2 nitrogen and oxygen atoms in total. The first-order chi connectivity index (χ1) is 6.33. The van der Waals surface area contributed by atoms with Crippen molar-refractivity contribution in [3.63, 3.8) is 0 Å². The molecule has 1 aliphatic rings. The van der Waals surface area contributed by atoms with Gasteiger partial charge in [0, 0.05) is 31.9 Å². The van der Waals surface area contributed by atoms with Crippen LogP contribution in [0.25, 0.3) is 0 Å². The quantitative estimate of drug-likeness (QED) is 0.643. The molecular formula is C10H17ClO2. The molecule has 0 amide bonds. The maximum atomic E-state index is 11.4. The van der Waals surface area contributed by atoms with E-state index in [1.165, 1.54) is 0 Å². The lowest BCUT2D eigenvalue weighted by Gasteiger charge is -2.21. The van der Waals surface area contributed by atoms with Gasteiger partial charge in [-0.15, -0.1) is 11.6 Å². The minimum Gasteiger partial charge on any atom is -0.381 e. The predicted octanol–water partition coefficient (Wildman–Crippen LogP) is 2.39. The molecule has 0 aromatic heterocycles. The number of rotatable bonds is 5. The van der Waals surface area contributed by atoms with Crippen molar-refractivity contribution in [1.82, 2.24) is 0 Å². The van der Waals surface area contributed by atoms with Gasteiger partial charge < -0.3 is 4.74 Å². The Morgan fingerprint density at radius 2 is 2.08 bits per heavy atom. The topological polar surface area (TPSA) is 26.3 Å². The van der Waals surface area contributed by atoms with Crippen molar-refractivity contribution < 1.29 is 9.53 Å². The molecule has 0 spiro atoms. The number of halogens is 1. The molecule has 0 bridgehead atoms. The first-order valence-electron chi connectivity index (χ1n) is 4.98. The van der Waals surface area contributed by atoms with Crippen LogP contribution in [0, 0.1) is 5.92 Å². The van der Waals surface area contributed by atoms with Crippen LogP contribution in [-0.2, 0) is 9.53 Å². The van der Waals surface area contributed by atoms with Crippen molar-refractivity contribution in [2.24, 2.45) is 5.92 Å². The molecule has 0 radical (unpaired) electrons. The number of hydrogen-bond acceptors (Lipinski definition) is 2. The number of ether oxygens (including phenoxy) is 1. The molecule has 0 aromatic carbocycles. The van der Waals surface area contributed by atoms with E-state index in [1.807, 2.05) is 0 Å². The van der Waals surface area contributed by atoms with Crippen LogP contribution < -0.4 is 0 Å². The third kappa shape index (κ3) is 4.63. The van der Waals surface area contributed by atoms with Crippen molar-refractivity contribution >= 4 is 17.4 Å². The average Bonchev–Trinajstić information content (AvgIpc) is 2.16. The van der Waals surface area contributed by atoms with Gasteiger partial charge in [0.15, 0.2) is 0 Å². The first-order valence-corrected chi connectivity index (χ1v) is 5.52. The molecular weight excluding hydrogens is 188 g/mol. The Balaban J connectivity index is 2.11. The van der Waals surface area contributed by atoms with Crippen LogP contribution in [0.4, 0.5) is 0 Å². The number of Topliss-reactive ketones (excluding diaryl/α,β-unsaturated/α-hetero) is 1. The minimum absolute atomic E-state index is 0.368. The molecule has 1 aliphatic heterocycles. The molecule has 0 unspecified atom stereocenters. The summed E-state index contributed by atoms with van der Waals surface area (Å²) < 4.78 is 5.23. The van der Waals surface area contributed by atoms with Gasteiger partial charge in [0.25, 0.3) is 0 Å². The Morgan fingerprint density at radius 1 is 1.38 bits per heavy atom. The van der Waals surface area contributed by atoms with E-state index in [9.17, 15) is 4.79 Å². The van der Waals surface area contributed by atoms with E-state index in [2.05, 4.69) is 0 Å². The molecule has 0 atom stereocenters. The molecule has 76 valence electrons. The first kappa shape index (κ1) is 11.0. The molecule has 1 fully saturated rings. The van der Waals surface area contributed by atoms with Crippen LogP contribution >= 0.6 is 11.6 Å². The molecule has 0 N–H and O–H groups in total. The van der Waals surface area contributed by atoms with Crippen LogP contribution in [0.2, 0.25) is 0 Å². The van der Waals surface area contributed by atoms with E-state index in [1.54, 1.807) is 0 Å². The molecule has 1 saturated heterocycles. The van der Waals surface area contributed by atoms with E-state index < -0.39 is 0 Å². The molecule has 0 aliphatic carbocycles. The van der Waals surface area contributed by atoms with Gasteiger partial charge in [-0.2, -0.15) is 0 Å². The van der Waals surface area contributed by atoms with Gasteiger partial charge in [0.1, 0.15) is 5.78 Å². The standard InChI is InChI=1S/C10H17ClO2/c11-5-1-2-10(12)8-9-3-6-13-7-4-9/h9H,1-8H2. The molecule has 1 heterocycles. The van der Waals surface area contributed by atoms with Crippen LogP contribution in [0.1, 0.15) is 32.1 Å². The third-order valence-corrected chi connectivity index (χ3v) is 2.71. The smallest absolute Gasteiger partial charge is 0.133 e. The van der Waals surface area contributed by atoms with E-state index in [0.717, 1.165) is 38.9 Å². The van der Waals surface area contributed by atoms with Crippen LogP contribution in [0.3, 0.4) is 0 Å². The lowest BCUT2D eigenvalue weighted by Crippen LogP contribution is -2.18. The zero-order valence-corrected chi connectivity index (χ0v) is 8.68. The summed E-state index contributed by atoms with van der Waals surface area (Å²) in [5.41, 5.74) is 0. The second-order valence-corrected chi connectivity index (χ2v) is 3.97. The summed E-state index contributed by atoms with van der Waals surface area (Å²) in [4.78, 5) is 11.4. The second kappa shape index (κ2) is 6.39. The van der Waals surface area contributed by atoms with E-state index in [0.29, 0.717) is 24.0 Å². The molecule has 13 heavy (non-hydrogen) atoms. The Bertz CT molecular complexity index is 153. The van der Waals surface area contributed by atoms with Gasteiger partial charge in [0.05, 0.1) is 0 Å². The Hall–Kier alpha value is -0.0800. The van der Waals surface area contributed by atoms with Crippen molar-refractivity contribution in [1.29, 1.82) is 0 Å². The van der Waals surface area contributed by atoms with Gasteiger partial charge in [-0.05, 0) is 25.2 Å². The highest BCUT2D eigenvalue weighted by Crippen LogP contribution is 2.19. The normalized spacial score (nSPS) is 18.8. The summed E-state index contributed by atoms with van der Waals surface area (Å²) in [5.74, 6) is 1.53. The predicted molar refractivity (Wildman–Crippen MR) is 53.1 cm³/mol. The molecule has 1 rings (SSSR count). The maximum absolute atomic E-state index is 11.4. The lowest BCUT2D eigenvalue weighted by molar-refractivity contribution is -0.120. The van der Waals surface area contributed by atoms with Gasteiger partial charge in [-0.3, -0.25) is 4.79 Å². The van der Waals surface area contributed by atoms with Crippen LogP contribution in [-0.4, -0.2) is 24.9 Å². The van der Waals surface area contributed by atoms with Crippen molar-refractivity contribution in [2.75, 3.05) is 19.1 Å². The summed E-state index contributed by atoms with van der Waals surface area (Å²) in [7, 11) is 0. The van der Waals surface area contributed by atoms with E-state index in [4.69, 9.17) is 16.3 Å². The van der Waals surface area contributed by atoms with Crippen LogP contribution in [0.15, 0.2) is 0 Å². The molecule has 0 saturated carbocycles. The minimum atomic E-state index is 0.368. The summed E-state index contributed by atoms with van der Waals surface area (Å²) in [6.07, 6.45) is 4.31. The maximum Gasteiger partial charge on any atom is 0.133 e. The van der Waals surface area contributed by atoms with Crippen molar-refractivity contribution in [3.05, 3.63) is 0 Å². The Labute approximate surface area is 84.6 Å². The number of ketones is 1. The average molecular weight is 205 g/mol. The highest BCUT2D eigenvalue weighted by Gasteiger charge is 2.16. The summed E-state index contributed by atoms with van der Waals surface area (Å²) >= 11 is 5.52. The largest absolute Gasteiger partial charge is 0.381 e. The van der Waals surface area contributed by atoms with E-state index >= 15 is 0 Å². The number of alkyl halides is 1. The van der Waals surface area contributed by atoms with Crippen molar-refractivity contribution in [3.8, 4) is 0 Å². The molecule has 0 aromatic rings. The number of hydrogen-bond donors (Lipinski definition) is 0. The summed E-state index contributed by atoms with van der Waals surface area (Å²) in [6, 6.07) is 0. The van der Waals surface area contributed by atoms with E-state index in [-0.39, 0.29) is 0 Å². The fraction of sp³-hybridized carbons (Fsp3) is 0.900. The number of carbonyl (C=O) groups is 1. The Kier molecular flexibility index (Phi) is 5.40. The highest BCUT2D eigenvalue weighted by atomic mass is 35.5. The highest BCUT2D eigenvalue weighted by molar-refractivity contribution is 6.17. The Morgan fingerprint density at radius 3 is 2.69 bits per heavy atom. The summed E-state index contributed by atoms with van der Waals surface area (Å²) in [6.45, 7) is 1.65. The second-order valence-electron chi connectivity index (χ2n) is 3.59. The fourth-order valence-electron chi connectivity index (χ4n) is 1.64. The lowest BCUT2D eigenvalue weighted by atomic mass is 9.93.